The molecule has 3 aromatic carbocycles. The van der Waals surface area contributed by atoms with Gasteiger partial charge in [-0.3, -0.25) is 4.79 Å². The highest BCUT2D eigenvalue weighted by Gasteiger charge is 2.25. The first kappa shape index (κ1) is 19.2. The van der Waals surface area contributed by atoms with Crippen molar-refractivity contribution in [1.82, 2.24) is 0 Å². The summed E-state index contributed by atoms with van der Waals surface area (Å²) in [4.78, 5) is 12.8. The van der Waals surface area contributed by atoms with E-state index in [1.807, 2.05) is 62.4 Å². The SMILES string of the molecule is Cc1ccc(Cl)cc1NC(=O)[C@@H](C)[NH2+]C(c1ccccc1)c1ccccc1. The van der Waals surface area contributed by atoms with E-state index in [0.717, 1.165) is 11.3 Å². The van der Waals surface area contributed by atoms with Gasteiger partial charge in [0.25, 0.3) is 5.91 Å². The monoisotopic (exact) mass is 379 g/mol. The second-order valence-electron chi connectivity index (χ2n) is 6.73. The van der Waals surface area contributed by atoms with E-state index in [0.29, 0.717) is 5.02 Å². The van der Waals surface area contributed by atoms with Crippen LogP contribution in [-0.2, 0) is 4.79 Å². The van der Waals surface area contributed by atoms with Gasteiger partial charge in [-0.25, -0.2) is 0 Å². The van der Waals surface area contributed by atoms with E-state index in [1.54, 1.807) is 6.07 Å². The quantitative estimate of drug-likeness (QED) is 0.658. The summed E-state index contributed by atoms with van der Waals surface area (Å²) in [7, 11) is 0. The molecule has 4 heteroatoms. The molecule has 27 heavy (non-hydrogen) atoms. The van der Waals surface area contributed by atoms with Crippen molar-refractivity contribution in [2.75, 3.05) is 5.32 Å². The average Bonchev–Trinajstić information content (AvgIpc) is 2.70. The predicted octanol–water partition coefficient (Wildman–Crippen LogP) is 4.33. The van der Waals surface area contributed by atoms with Crippen molar-refractivity contribution in [1.29, 1.82) is 0 Å². The summed E-state index contributed by atoms with van der Waals surface area (Å²) in [6.45, 7) is 3.88. The number of nitrogens with two attached hydrogens (primary N) is 1. The number of rotatable bonds is 6. The van der Waals surface area contributed by atoms with Crippen LogP contribution in [0.5, 0.6) is 0 Å². The van der Waals surface area contributed by atoms with Crippen molar-refractivity contribution in [2.24, 2.45) is 0 Å². The van der Waals surface area contributed by atoms with Crippen LogP contribution in [-0.4, -0.2) is 11.9 Å². The first-order valence-corrected chi connectivity index (χ1v) is 9.44. The van der Waals surface area contributed by atoms with Crippen LogP contribution >= 0.6 is 11.6 Å². The van der Waals surface area contributed by atoms with Gasteiger partial charge < -0.3 is 10.6 Å². The Labute approximate surface area is 165 Å². The Morgan fingerprint density at radius 2 is 1.48 bits per heavy atom. The number of carbonyl (C=O) groups is 1. The molecule has 0 aliphatic carbocycles. The van der Waals surface area contributed by atoms with Crippen LogP contribution in [0.15, 0.2) is 78.9 Å². The first-order valence-electron chi connectivity index (χ1n) is 9.06. The molecule has 0 aliphatic heterocycles. The fourth-order valence-corrected chi connectivity index (χ4v) is 3.26. The maximum absolute atomic E-state index is 12.8. The molecule has 1 amide bonds. The van der Waals surface area contributed by atoms with Crippen molar-refractivity contribution >= 4 is 23.2 Å². The number of aryl methyl sites for hydroxylation is 1. The van der Waals surface area contributed by atoms with E-state index in [9.17, 15) is 4.79 Å². The van der Waals surface area contributed by atoms with Crippen LogP contribution in [0.25, 0.3) is 0 Å². The standard InChI is InChI=1S/C23H23ClN2O/c1-16-13-14-20(24)15-21(16)26-23(27)17(2)25-22(18-9-5-3-6-10-18)19-11-7-4-8-12-19/h3-15,17,22,25H,1-2H3,(H,26,27)/p+1/t17-/m1/s1. The van der Waals surface area contributed by atoms with E-state index in [4.69, 9.17) is 11.6 Å². The molecule has 0 aromatic heterocycles. The van der Waals surface area contributed by atoms with Crippen LogP contribution in [0.2, 0.25) is 5.02 Å². The summed E-state index contributed by atoms with van der Waals surface area (Å²) in [5, 5.41) is 5.71. The second-order valence-corrected chi connectivity index (χ2v) is 7.17. The number of anilines is 1. The topological polar surface area (TPSA) is 45.7 Å². The summed E-state index contributed by atoms with van der Waals surface area (Å²) < 4.78 is 0. The van der Waals surface area contributed by atoms with Gasteiger partial charge in [-0.1, -0.05) is 78.3 Å². The van der Waals surface area contributed by atoms with Gasteiger partial charge in [-0.05, 0) is 31.5 Å². The lowest BCUT2D eigenvalue weighted by Crippen LogP contribution is -2.92. The van der Waals surface area contributed by atoms with Gasteiger partial charge >= 0.3 is 0 Å². The van der Waals surface area contributed by atoms with Crippen LogP contribution in [0.1, 0.15) is 29.7 Å². The largest absolute Gasteiger partial charge is 0.326 e. The molecule has 3 nitrogen and oxygen atoms in total. The number of halogens is 1. The zero-order valence-electron chi connectivity index (χ0n) is 15.5. The Kier molecular flexibility index (Phi) is 6.28. The van der Waals surface area contributed by atoms with E-state index in [1.165, 1.54) is 11.1 Å². The van der Waals surface area contributed by atoms with E-state index in [-0.39, 0.29) is 18.0 Å². The molecule has 1 atom stereocenters. The fraction of sp³-hybridized carbons (Fsp3) is 0.174. The smallest absolute Gasteiger partial charge is 0.282 e. The second kappa shape index (κ2) is 8.85. The molecule has 0 fully saturated rings. The highest BCUT2D eigenvalue weighted by molar-refractivity contribution is 6.31. The first-order chi connectivity index (χ1) is 13.0. The Morgan fingerprint density at radius 1 is 0.926 bits per heavy atom. The minimum absolute atomic E-state index is 0.0442. The molecule has 0 aliphatic rings. The zero-order valence-corrected chi connectivity index (χ0v) is 16.3. The molecular formula is C23H24ClN2O+. The highest BCUT2D eigenvalue weighted by Crippen LogP contribution is 2.21. The van der Waals surface area contributed by atoms with Gasteiger partial charge in [-0.15, -0.1) is 0 Å². The fourth-order valence-electron chi connectivity index (χ4n) is 3.09. The highest BCUT2D eigenvalue weighted by atomic mass is 35.5. The Balaban J connectivity index is 1.79. The molecular weight excluding hydrogens is 356 g/mol. The lowest BCUT2D eigenvalue weighted by atomic mass is 9.98. The number of hydrogen-bond donors (Lipinski definition) is 2. The minimum Gasteiger partial charge on any atom is -0.326 e. The van der Waals surface area contributed by atoms with Crippen molar-refractivity contribution < 1.29 is 10.1 Å². The summed E-state index contributed by atoms with van der Waals surface area (Å²) in [6.07, 6.45) is 0. The Bertz CT molecular complexity index is 857. The minimum atomic E-state index is -0.270. The summed E-state index contributed by atoms with van der Waals surface area (Å²) in [5.41, 5.74) is 4.08. The molecule has 0 saturated carbocycles. The molecule has 0 saturated heterocycles. The average molecular weight is 380 g/mol. The van der Waals surface area contributed by atoms with E-state index in [2.05, 4.69) is 34.9 Å². The molecule has 3 rings (SSSR count). The van der Waals surface area contributed by atoms with Gasteiger partial charge in [0.05, 0.1) is 0 Å². The van der Waals surface area contributed by atoms with Gasteiger partial charge in [0, 0.05) is 21.8 Å². The molecule has 0 unspecified atom stereocenters. The molecule has 138 valence electrons. The summed E-state index contributed by atoms with van der Waals surface area (Å²) >= 11 is 6.07. The lowest BCUT2D eigenvalue weighted by molar-refractivity contribution is -0.704. The van der Waals surface area contributed by atoms with Crippen LogP contribution < -0.4 is 10.6 Å². The molecule has 0 bridgehead atoms. The normalized spacial score (nSPS) is 12.0. The van der Waals surface area contributed by atoms with Gasteiger partial charge in [0.2, 0.25) is 0 Å². The molecule has 3 N–H and O–H groups in total. The lowest BCUT2D eigenvalue weighted by Gasteiger charge is -2.21. The van der Waals surface area contributed by atoms with Crippen molar-refractivity contribution in [3.05, 3.63) is 101 Å². The van der Waals surface area contributed by atoms with Gasteiger partial charge in [0.1, 0.15) is 6.04 Å². The van der Waals surface area contributed by atoms with Gasteiger partial charge in [0.15, 0.2) is 6.04 Å². The van der Waals surface area contributed by atoms with Crippen LogP contribution in [0, 0.1) is 6.92 Å². The Morgan fingerprint density at radius 3 is 2.04 bits per heavy atom. The molecule has 0 radical (unpaired) electrons. The maximum Gasteiger partial charge on any atom is 0.282 e. The number of benzene rings is 3. The zero-order chi connectivity index (χ0) is 19.2. The van der Waals surface area contributed by atoms with Crippen LogP contribution in [0.4, 0.5) is 5.69 Å². The maximum atomic E-state index is 12.8. The third-order valence-corrected chi connectivity index (χ3v) is 4.90. The molecule has 3 aromatic rings. The molecule has 0 heterocycles. The van der Waals surface area contributed by atoms with Crippen molar-refractivity contribution in [3.63, 3.8) is 0 Å². The number of amides is 1. The number of quaternary nitrogens is 1. The third-order valence-electron chi connectivity index (χ3n) is 4.67. The number of hydrogen-bond acceptors (Lipinski definition) is 1. The summed E-state index contributed by atoms with van der Waals surface area (Å²) in [6, 6.07) is 25.8. The molecule has 0 spiro atoms. The number of carbonyl (C=O) groups excluding carboxylic acids is 1. The third kappa shape index (κ3) is 4.97. The summed E-state index contributed by atoms with van der Waals surface area (Å²) in [5.74, 6) is -0.0442. The number of nitrogens with one attached hydrogen (secondary N) is 1. The van der Waals surface area contributed by atoms with Crippen LogP contribution in [0.3, 0.4) is 0 Å². The van der Waals surface area contributed by atoms with Crippen molar-refractivity contribution in [2.45, 2.75) is 25.9 Å². The van der Waals surface area contributed by atoms with Crippen molar-refractivity contribution in [3.8, 4) is 0 Å². The van der Waals surface area contributed by atoms with E-state index < -0.39 is 0 Å². The van der Waals surface area contributed by atoms with Gasteiger partial charge in [-0.2, -0.15) is 0 Å². The predicted molar refractivity (Wildman–Crippen MR) is 111 cm³/mol. The van der Waals surface area contributed by atoms with E-state index >= 15 is 0 Å². The Hall–Kier alpha value is -2.62.